The second-order valence-corrected chi connectivity index (χ2v) is 8.78. The molecule has 1 unspecified atom stereocenters. The zero-order chi connectivity index (χ0) is 23.2. The molecule has 0 saturated heterocycles. The molecule has 0 saturated carbocycles. The standard InChI is InChI=1S/C25H17F3N2O2S/c26-25(27,28)18-9-6-10-19(15-18)30-22(31)13-14-33-24(30)20-11-4-5-12-21(20)29(23(24)32)16-17-7-2-1-3-8-17/h1-15H,16H2. The number of hydrogen-bond donors (Lipinski definition) is 0. The number of amides is 2. The third-order valence-corrected chi connectivity index (χ3v) is 6.89. The molecule has 2 amide bonds. The number of benzene rings is 3. The van der Waals surface area contributed by atoms with Crippen LogP contribution in [0.5, 0.6) is 0 Å². The molecule has 0 N–H and O–H groups in total. The van der Waals surface area contributed by atoms with Crippen LogP contribution in [0.2, 0.25) is 0 Å². The van der Waals surface area contributed by atoms with Crippen LogP contribution in [0.25, 0.3) is 0 Å². The molecule has 2 aliphatic rings. The van der Waals surface area contributed by atoms with E-state index in [0.717, 1.165) is 29.5 Å². The number of fused-ring (bicyclic) bond motifs is 2. The average Bonchev–Trinajstić information content (AvgIpc) is 3.03. The Morgan fingerprint density at radius 1 is 0.879 bits per heavy atom. The fourth-order valence-corrected chi connectivity index (χ4v) is 5.45. The van der Waals surface area contributed by atoms with Crippen molar-refractivity contribution in [3.63, 3.8) is 0 Å². The van der Waals surface area contributed by atoms with Gasteiger partial charge in [-0.3, -0.25) is 14.5 Å². The van der Waals surface area contributed by atoms with E-state index in [4.69, 9.17) is 0 Å². The van der Waals surface area contributed by atoms with E-state index in [-0.39, 0.29) is 18.1 Å². The van der Waals surface area contributed by atoms with Crippen LogP contribution in [0.15, 0.2) is 90.3 Å². The van der Waals surface area contributed by atoms with Gasteiger partial charge in [-0.1, -0.05) is 66.4 Å². The lowest BCUT2D eigenvalue weighted by atomic mass is 10.0. The van der Waals surface area contributed by atoms with Crippen LogP contribution in [0, 0.1) is 0 Å². The van der Waals surface area contributed by atoms with Gasteiger partial charge in [0, 0.05) is 17.3 Å². The highest BCUT2D eigenvalue weighted by Gasteiger charge is 2.58. The van der Waals surface area contributed by atoms with Crippen molar-refractivity contribution in [1.29, 1.82) is 0 Å². The van der Waals surface area contributed by atoms with Gasteiger partial charge >= 0.3 is 6.18 Å². The second kappa shape index (κ2) is 7.81. The number of carbonyl (C=O) groups is 2. The number of alkyl halides is 3. The fourth-order valence-electron chi connectivity index (χ4n) is 4.26. The van der Waals surface area contributed by atoms with E-state index < -0.39 is 22.5 Å². The minimum absolute atomic E-state index is 0.0105. The first-order valence-corrected chi connectivity index (χ1v) is 11.0. The molecule has 2 aliphatic heterocycles. The largest absolute Gasteiger partial charge is 0.416 e. The predicted octanol–water partition coefficient (Wildman–Crippen LogP) is 5.70. The molecule has 3 aromatic carbocycles. The summed E-state index contributed by atoms with van der Waals surface area (Å²) in [6.45, 7) is 0.271. The molecule has 0 aliphatic carbocycles. The molecule has 166 valence electrons. The highest BCUT2D eigenvalue weighted by molar-refractivity contribution is 8.04. The van der Waals surface area contributed by atoms with Crippen molar-refractivity contribution in [3.05, 3.63) is 107 Å². The second-order valence-electron chi connectivity index (χ2n) is 7.68. The molecule has 1 spiro atoms. The van der Waals surface area contributed by atoms with Gasteiger partial charge in [-0.15, -0.1) is 0 Å². The Morgan fingerprint density at radius 2 is 1.61 bits per heavy atom. The third kappa shape index (κ3) is 3.41. The Kier molecular flexibility index (Phi) is 5.05. The van der Waals surface area contributed by atoms with Gasteiger partial charge in [0.1, 0.15) is 0 Å². The maximum absolute atomic E-state index is 14.0. The number of para-hydroxylation sites is 1. The smallest absolute Gasteiger partial charge is 0.304 e. The van der Waals surface area contributed by atoms with Crippen molar-refractivity contribution in [2.24, 2.45) is 0 Å². The molecule has 0 bridgehead atoms. The summed E-state index contributed by atoms with van der Waals surface area (Å²) in [7, 11) is 0. The van der Waals surface area contributed by atoms with Crippen LogP contribution >= 0.6 is 11.8 Å². The first-order chi connectivity index (χ1) is 15.8. The minimum atomic E-state index is -4.58. The average molecular weight is 466 g/mol. The first kappa shape index (κ1) is 21.3. The van der Waals surface area contributed by atoms with Gasteiger partial charge in [0.2, 0.25) is 4.87 Å². The number of anilines is 2. The van der Waals surface area contributed by atoms with Gasteiger partial charge in [-0.25, -0.2) is 0 Å². The lowest BCUT2D eigenvalue weighted by molar-refractivity contribution is -0.137. The Bertz CT molecular complexity index is 1280. The number of halogens is 3. The minimum Gasteiger partial charge on any atom is -0.304 e. The molecule has 4 nitrogen and oxygen atoms in total. The maximum atomic E-state index is 14.0. The van der Waals surface area contributed by atoms with E-state index in [1.54, 1.807) is 29.2 Å². The van der Waals surface area contributed by atoms with Crippen molar-refractivity contribution < 1.29 is 22.8 Å². The van der Waals surface area contributed by atoms with E-state index in [0.29, 0.717) is 11.3 Å². The van der Waals surface area contributed by atoms with Crippen molar-refractivity contribution in [2.45, 2.75) is 17.6 Å². The van der Waals surface area contributed by atoms with Gasteiger partial charge in [0.25, 0.3) is 11.8 Å². The Hall–Kier alpha value is -3.52. The molecular weight excluding hydrogens is 449 g/mol. The van der Waals surface area contributed by atoms with Gasteiger partial charge in [-0.2, -0.15) is 13.2 Å². The van der Waals surface area contributed by atoms with Crippen LogP contribution < -0.4 is 9.80 Å². The summed E-state index contributed by atoms with van der Waals surface area (Å²) in [6, 6.07) is 21.0. The monoisotopic (exact) mass is 466 g/mol. The first-order valence-electron chi connectivity index (χ1n) is 10.1. The van der Waals surface area contributed by atoms with Crippen molar-refractivity contribution in [1.82, 2.24) is 0 Å². The summed E-state index contributed by atoms with van der Waals surface area (Å²) in [6.07, 6.45) is -3.31. The number of thioether (sulfide) groups is 1. The number of rotatable bonds is 3. The van der Waals surface area contributed by atoms with Crippen LogP contribution in [0.1, 0.15) is 16.7 Å². The molecule has 1 atom stereocenters. The van der Waals surface area contributed by atoms with E-state index in [2.05, 4.69) is 0 Å². The number of hydrogen-bond acceptors (Lipinski definition) is 3. The number of carbonyl (C=O) groups excluding carboxylic acids is 2. The van der Waals surface area contributed by atoms with E-state index in [9.17, 15) is 22.8 Å². The summed E-state index contributed by atoms with van der Waals surface area (Å²) >= 11 is 1.11. The zero-order valence-corrected chi connectivity index (χ0v) is 17.9. The molecule has 5 rings (SSSR count). The normalized spacial score (nSPS) is 20.0. The van der Waals surface area contributed by atoms with E-state index in [1.807, 2.05) is 30.3 Å². The highest BCUT2D eigenvalue weighted by atomic mass is 32.2. The predicted molar refractivity (Wildman–Crippen MR) is 121 cm³/mol. The van der Waals surface area contributed by atoms with Crippen molar-refractivity contribution >= 4 is 35.0 Å². The summed E-state index contributed by atoms with van der Waals surface area (Å²) in [4.78, 5) is 28.3. The summed E-state index contributed by atoms with van der Waals surface area (Å²) in [5.74, 6) is -0.939. The zero-order valence-electron chi connectivity index (χ0n) is 17.1. The summed E-state index contributed by atoms with van der Waals surface area (Å²) < 4.78 is 40.3. The molecule has 8 heteroatoms. The number of nitrogens with zero attached hydrogens (tertiary/aromatic N) is 2. The molecule has 3 aromatic rings. The third-order valence-electron chi connectivity index (χ3n) is 5.69. The van der Waals surface area contributed by atoms with Crippen LogP contribution in [-0.2, 0) is 27.2 Å². The van der Waals surface area contributed by atoms with E-state index in [1.165, 1.54) is 28.5 Å². The topological polar surface area (TPSA) is 40.6 Å². The Labute approximate surface area is 192 Å². The quantitative estimate of drug-likeness (QED) is 0.497. The van der Waals surface area contributed by atoms with Gasteiger partial charge < -0.3 is 4.90 Å². The van der Waals surface area contributed by atoms with Gasteiger partial charge in [0.05, 0.1) is 17.8 Å². The Balaban J connectivity index is 1.68. The lowest BCUT2D eigenvalue weighted by Crippen LogP contribution is -2.54. The SMILES string of the molecule is O=C1C=CSC2(C(=O)N(Cc3ccccc3)c3ccccc32)N1c1cccc(C(F)(F)F)c1. The fraction of sp³-hybridized carbons (Fsp3) is 0.120. The lowest BCUT2D eigenvalue weighted by Gasteiger charge is -2.40. The molecule has 2 heterocycles. The maximum Gasteiger partial charge on any atom is 0.416 e. The van der Waals surface area contributed by atoms with E-state index >= 15 is 0 Å². The summed E-state index contributed by atoms with van der Waals surface area (Å²) in [5.41, 5.74) is 1.20. The van der Waals surface area contributed by atoms with Crippen molar-refractivity contribution in [2.75, 3.05) is 9.80 Å². The molecule has 33 heavy (non-hydrogen) atoms. The van der Waals surface area contributed by atoms with Crippen LogP contribution in [-0.4, -0.2) is 11.8 Å². The van der Waals surface area contributed by atoms with Crippen LogP contribution in [0.3, 0.4) is 0 Å². The van der Waals surface area contributed by atoms with Gasteiger partial charge in [-0.05, 0) is 35.2 Å². The highest BCUT2D eigenvalue weighted by Crippen LogP contribution is 2.55. The molecule has 0 radical (unpaired) electrons. The Morgan fingerprint density at radius 3 is 2.36 bits per heavy atom. The molecule has 0 fully saturated rings. The van der Waals surface area contributed by atoms with Gasteiger partial charge in [0.15, 0.2) is 0 Å². The van der Waals surface area contributed by atoms with Crippen molar-refractivity contribution in [3.8, 4) is 0 Å². The molecular formula is C25H17F3N2O2S. The van der Waals surface area contributed by atoms with Crippen LogP contribution in [0.4, 0.5) is 24.5 Å². The molecule has 0 aromatic heterocycles. The summed E-state index contributed by atoms with van der Waals surface area (Å²) in [5, 5.41) is 1.53.